The van der Waals surface area contributed by atoms with E-state index in [0.717, 1.165) is 26.3 Å². The molecule has 3 nitrogen and oxygen atoms in total. The van der Waals surface area contributed by atoms with Gasteiger partial charge in [-0.2, -0.15) is 0 Å². The minimum atomic E-state index is 0.593. The van der Waals surface area contributed by atoms with E-state index in [1.54, 1.807) is 11.0 Å². The van der Waals surface area contributed by atoms with Crippen LogP contribution in [0.3, 0.4) is 0 Å². The lowest BCUT2D eigenvalue weighted by atomic mass is 10.1. The first-order valence-electron chi connectivity index (χ1n) is 7.65. The predicted molar refractivity (Wildman–Crippen MR) is 93.8 cm³/mol. The van der Waals surface area contributed by atoms with Gasteiger partial charge in [0, 0.05) is 30.6 Å². The zero-order valence-electron chi connectivity index (χ0n) is 13.2. The van der Waals surface area contributed by atoms with Gasteiger partial charge in [-0.25, -0.2) is 0 Å². The van der Waals surface area contributed by atoms with Crippen molar-refractivity contribution in [3.8, 4) is 0 Å². The fourth-order valence-electron chi connectivity index (χ4n) is 2.38. The molecule has 1 N–H and O–H groups in total. The number of aryl methyl sites for hydroxylation is 2. The van der Waals surface area contributed by atoms with Crippen LogP contribution in [0, 0.1) is 13.8 Å². The Morgan fingerprint density at radius 1 is 1.33 bits per heavy atom. The number of hydrogen-bond acceptors (Lipinski definition) is 5. The topological polar surface area (TPSA) is 24.5 Å². The monoisotopic (exact) mass is 326 g/mol. The molecule has 0 aromatic heterocycles. The predicted octanol–water partition coefficient (Wildman–Crippen LogP) is 3.66. The molecular weight excluding hydrogens is 300 g/mol. The maximum Gasteiger partial charge on any atom is 0.0593 e. The van der Waals surface area contributed by atoms with Crippen molar-refractivity contribution in [1.82, 2.24) is 9.62 Å². The second-order valence-corrected chi connectivity index (χ2v) is 7.55. The largest absolute Gasteiger partial charge is 0.380 e. The Balaban J connectivity index is 1.64. The lowest BCUT2D eigenvalue weighted by molar-refractivity contribution is 0.121. The molecule has 0 spiro atoms. The number of nitrogens with one attached hydrogen (secondary N) is 1. The Kier molecular flexibility index (Phi) is 7.40. The van der Waals surface area contributed by atoms with Gasteiger partial charge in [-0.1, -0.05) is 6.07 Å². The molecule has 1 aliphatic heterocycles. The van der Waals surface area contributed by atoms with E-state index in [1.165, 1.54) is 29.0 Å². The summed E-state index contributed by atoms with van der Waals surface area (Å²) < 4.78 is 9.00. The van der Waals surface area contributed by atoms with Crippen LogP contribution >= 0.6 is 21.8 Å². The molecule has 0 saturated carbocycles. The zero-order valence-corrected chi connectivity index (χ0v) is 14.9. The summed E-state index contributed by atoms with van der Waals surface area (Å²) in [6, 6.07) is 7.25. The summed E-state index contributed by atoms with van der Waals surface area (Å²) in [7, 11) is 3.57. The third-order valence-electron chi connectivity index (χ3n) is 3.86. The van der Waals surface area contributed by atoms with Crippen LogP contribution < -0.4 is 4.72 Å². The molecule has 118 valence electrons. The molecule has 5 heteroatoms. The zero-order chi connectivity index (χ0) is 15.1. The Morgan fingerprint density at radius 3 is 2.95 bits per heavy atom. The maximum absolute atomic E-state index is 5.42. The summed E-state index contributed by atoms with van der Waals surface area (Å²) in [4.78, 5) is 3.80. The van der Waals surface area contributed by atoms with E-state index in [2.05, 4.69) is 48.6 Å². The summed E-state index contributed by atoms with van der Waals surface area (Å²) in [6.07, 6.45) is 1.23. The number of likely N-dealkylation sites (tertiary alicyclic amines) is 1. The first-order chi connectivity index (χ1) is 10.2. The lowest BCUT2D eigenvalue weighted by Crippen LogP contribution is -2.30. The molecule has 1 unspecified atom stereocenters. The van der Waals surface area contributed by atoms with Crippen LogP contribution in [-0.2, 0) is 4.74 Å². The van der Waals surface area contributed by atoms with Crippen molar-refractivity contribution in [1.29, 1.82) is 0 Å². The van der Waals surface area contributed by atoms with Crippen LogP contribution in [0.4, 0.5) is 0 Å². The smallest absolute Gasteiger partial charge is 0.0593 e. The van der Waals surface area contributed by atoms with Gasteiger partial charge in [0.2, 0.25) is 0 Å². The SMILES string of the molecule is CCOCCN1CCC(NSSc2ccc(C)c(C)c2)C1. The third kappa shape index (κ3) is 5.83. The molecule has 1 aliphatic rings. The number of benzene rings is 1. The van der Waals surface area contributed by atoms with Crippen molar-refractivity contribution in [3.63, 3.8) is 0 Å². The van der Waals surface area contributed by atoms with E-state index in [-0.39, 0.29) is 0 Å². The van der Waals surface area contributed by atoms with E-state index in [4.69, 9.17) is 4.74 Å². The second kappa shape index (κ2) is 9.06. The van der Waals surface area contributed by atoms with Crippen LogP contribution in [0.2, 0.25) is 0 Å². The second-order valence-electron chi connectivity index (χ2n) is 5.51. The number of nitrogens with zero attached hydrogens (tertiary/aromatic N) is 1. The summed E-state index contributed by atoms with van der Waals surface area (Å²) in [5.74, 6) is 0. The third-order valence-corrected chi connectivity index (χ3v) is 5.93. The normalized spacial score (nSPS) is 19.3. The Bertz CT molecular complexity index is 442. The standard InChI is InChI=1S/C16H26N2OS2/c1-4-19-10-9-18-8-7-15(12-18)17-21-20-16-6-5-13(2)14(3)11-16/h5-6,11,15,17H,4,7-10,12H2,1-3H3. The van der Waals surface area contributed by atoms with Gasteiger partial charge in [0.15, 0.2) is 0 Å². The Morgan fingerprint density at radius 2 is 2.19 bits per heavy atom. The number of ether oxygens (including phenoxy) is 1. The molecule has 0 radical (unpaired) electrons. The molecule has 0 amide bonds. The average Bonchev–Trinajstić information content (AvgIpc) is 2.91. The van der Waals surface area contributed by atoms with E-state index >= 15 is 0 Å². The first kappa shape index (κ1) is 17.2. The average molecular weight is 327 g/mol. The molecule has 2 rings (SSSR count). The Hall–Kier alpha value is -0.200. The summed E-state index contributed by atoms with van der Waals surface area (Å²) in [5, 5.41) is 0. The molecule has 0 aliphatic carbocycles. The lowest BCUT2D eigenvalue weighted by Gasteiger charge is -2.16. The molecule has 1 aromatic rings. The minimum Gasteiger partial charge on any atom is -0.380 e. The molecule has 1 saturated heterocycles. The van der Waals surface area contributed by atoms with Gasteiger partial charge in [0.25, 0.3) is 0 Å². The highest BCUT2D eigenvalue weighted by Gasteiger charge is 2.21. The fraction of sp³-hybridized carbons (Fsp3) is 0.625. The molecule has 0 bridgehead atoms. The summed E-state index contributed by atoms with van der Waals surface area (Å²) in [5.41, 5.74) is 2.72. The molecule has 1 heterocycles. The molecule has 1 fully saturated rings. The van der Waals surface area contributed by atoms with Gasteiger partial charge in [-0.3, -0.25) is 9.62 Å². The van der Waals surface area contributed by atoms with Crippen molar-refractivity contribution >= 4 is 21.8 Å². The molecule has 1 aromatic carbocycles. The highest BCUT2D eigenvalue weighted by molar-refractivity contribution is 8.76. The van der Waals surface area contributed by atoms with Crippen LogP contribution in [0.1, 0.15) is 24.5 Å². The molecular formula is C16H26N2OS2. The van der Waals surface area contributed by atoms with Gasteiger partial charge < -0.3 is 4.74 Å². The highest BCUT2D eigenvalue weighted by atomic mass is 33.1. The molecule has 21 heavy (non-hydrogen) atoms. The summed E-state index contributed by atoms with van der Waals surface area (Å²) in [6.45, 7) is 11.4. The van der Waals surface area contributed by atoms with Gasteiger partial charge >= 0.3 is 0 Å². The quantitative estimate of drug-likeness (QED) is 0.446. The maximum atomic E-state index is 5.42. The van der Waals surface area contributed by atoms with Crippen molar-refractivity contribution in [2.24, 2.45) is 0 Å². The Labute approximate surface area is 136 Å². The highest BCUT2D eigenvalue weighted by Crippen LogP contribution is 2.30. The van der Waals surface area contributed by atoms with Crippen molar-refractivity contribution in [2.45, 2.75) is 38.1 Å². The van der Waals surface area contributed by atoms with Gasteiger partial charge in [0.05, 0.1) is 6.61 Å². The van der Waals surface area contributed by atoms with Crippen molar-refractivity contribution in [2.75, 3.05) is 32.8 Å². The van der Waals surface area contributed by atoms with Gasteiger partial charge in [-0.05, 0) is 78.8 Å². The number of rotatable bonds is 8. The van der Waals surface area contributed by atoms with Crippen LogP contribution in [0.5, 0.6) is 0 Å². The van der Waals surface area contributed by atoms with Crippen molar-refractivity contribution < 1.29 is 4.74 Å². The van der Waals surface area contributed by atoms with Crippen LogP contribution in [0.15, 0.2) is 23.1 Å². The summed E-state index contributed by atoms with van der Waals surface area (Å²) >= 11 is 0. The van der Waals surface area contributed by atoms with E-state index in [9.17, 15) is 0 Å². The minimum absolute atomic E-state index is 0.593. The van der Waals surface area contributed by atoms with E-state index < -0.39 is 0 Å². The van der Waals surface area contributed by atoms with E-state index in [1.807, 2.05) is 10.8 Å². The van der Waals surface area contributed by atoms with Crippen LogP contribution in [0.25, 0.3) is 0 Å². The van der Waals surface area contributed by atoms with E-state index in [0.29, 0.717) is 6.04 Å². The van der Waals surface area contributed by atoms with Crippen LogP contribution in [-0.4, -0.2) is 43.8 Å². The first-order valence-corrected chi connectivity index (χ1v) is 9.80. The van der Waals surface area contributed by atoms with Crippen molar-refractivity contribution in [3.05, 3.63) is 29.3 Å². The fourth-order valence-corrected chi connectivity index (χ4v) is 4.35. The number of hydrogen-bond donors (Lipinski definition) is 1. The molecule has 1 atom stereocenters. The van der Waals surface area contributed by atoms with Gasteiger partial charge in [0.1, 0.15) is 0 Å². The van der Waals surface area contributed by atoms with Gasteiger partial charge in [-0.15, -0.1) is 0 Å².